The van der Waals surface area contributed by atoms with Gasteiger partial charge in [0, 0.05) is 19.2 Å². The summed E-state index contributed by atoms with van der Waals surface area (Å²) in [5.74, 6) is 0.102. The highest BCUT2D eigenvalue weighted by atomic mass is 16.1. The fourth-order valence-electron chi connectivity index (χ4n) is 2.97. The zero-order chi connectivity index (χ0) is 14.7. The highest BCUT2D eigenvalue weighted by Gasteiger charge is 2.21. The van der Waals surface area contributed by atoms with Crippen LogP contribution in [0.25, 0.3) is 0 Å². The number of carbonyl (C=O) groups is 1. The number of hydrogen-bond donors (Lipinski definition) is 1. The molecule has 4 nitrogen and oxygen atoms in total. The van der Waals surface area contributed by atoms with Crippen molar-refractivity contribution in [2.75, 3.05) is 0 Å². The number of fused-ring (bicyclic) bond motifs is 1. The van der Waals surface area contributed by atoms with Crippen molar-refractivity contribution in [1.82, 2.24) is 15.1 Å². The van der Waals surface area contributed by atoms with E-state index in [9.17, 15) is 4.79 Å². The van der Waals surface area contributed by atoms with Crippen molar-refractivity contribution in [2.24, 2.45) is 0 Å². The Hall–Kier alpha value is -2.10. The molecule has 1 atom stereocenters. The van der Waals surface area contributed by atoms with E-state index in [-0.39, 0.29) is 11.9 Å². The lowest BCUT2D eigenvalue weighted by Crippen LogP contribution is -2.31. The molecule has 0 saturated heterocycles. The SMILES string of the molecule is Cc1ccn(CCC(=O)N[C@H]2CCCc3ccccc32)n1. The average Bonchev–Trinajstić information content (AvgIpc) is 2.91. The Kier molecular flexibility index (Phi) is 4.04. The van der Waals surface area contributed by atoms with E-state index in [4.69, 9.17) is 0 Å². The second-order valence-electron chi connectivity index (χ2n) is 5.68. The Labute approximate surface area is 125 Å². The van der Waals surface area contributed by atoms with Gasteiger partial charge in [-0.25, -0.2) is 0 Å². The van der Waals surface area contributed by atoms with Crippen LogP contribution < -0.4 is 5.32 Å². The maximum atomic E-state index is 12.1. The molecule has 3 rings (SSSR count). The van der Waals surface area contributed by atoms with Crippen LogP contribution in [0.3, 0.4) is 0 Å². The normalized spacial score (nSPS) is 17.3. The molecule has 1 amide bonds. The minimum absolute atomic E-state index is 0.102. The summed E-state index contributed by atoms with van der Waals surface area (Å²) in [5, 5.41) is 7.47. The third-order valence-electron chi connectivity index (χ3n) is 4.05. The summed E-state index contributed by atoms with van der Waals surface area (Å²) in [6, 6.07) is 10.5. The molecule has 1 aliphatic rings. The molecular formula is C17H21N3O. The number of aromatic nitrogens is 2. The first kappa shape index (κ1) is 13.9. The molecule has 0 fully saturated rings. The van der Waals surface area contributed by atoms with Crippen molar-refractivity contribution < 1.29 is 4.79 Å². The number of aryl methyl sites for hydroxylation is 3. The molecule has 1 heterocycles. The van der Waals surface area contributed by atoms with Gasteiger partial charge in [0.2, 0.25) is 5.91 Å². The first-order valence-corrected chi connectivity index (χ1v) is 7.59. The number of rotatable bonds is 4. The average molecular weight is 283 g/mol. The summed E-state index contributed by atoms with van der Waals surface area (Å²) in [6.07, 6.45) is 5.68. The molecule has 2 aromatic rings. The van der Waals surface area contributed by atoms with Gasteiger partial charge in [-0.15, -0.1) is 0 Å². The number of nitrogens with one attached hydrogen (secondary N) is 1. The van der Waals surface area contributed by atoms with Crippen LogP contribution in [0.1, 0.15) is 42.1 Å². The molecule has 1 aromatic carbocycles. The molecule has 0 radical (unpaired) electrons. The van der Waals surface area contributed by atoms with Crippen molar-refractivity contribution in [3.8, 4) is 0 Å². The first-order valence-electron chi connectivity index (χ1n) is 7.59. The lowest BCUT2D eigenvalue weighted by atomic mass is 9.88. The van der Waals surface area contributed by atoms with Crippen LogP contribution in [-0.4, -0.2) is 15.7 Å². The van der Waals surface area contributed by atoms with Crippen molar-refractivity contribution in [1.29, 1.82) is 0 Å². The molecule has 4 heteroatoms. The highest BCUT2D eigenvalue weighted by Crippen LogP contribution is 2.29. The summed E-state index contributed by atoms with van der Waals surface area (Å²) >= 11 is 0. The predicted octanol–water partition coefficient (Wildman–Crippen LogP) is 2.78. The van der Waals surface area contributed by atoms with E-state index in [1.807, 2.05) is 23.9 Å². The summed E-state index contributed by atoms with van der Waals surface area (Å²) in [4.78, 5) is 12.1. The molecule has 1 aliphatic carbocycles. The van der Waals surface area contributed by atoms with Gasteiger partial charge in [-0.05, 0) is 43.4 Å². The number of nitrogens with zero attached hydrogens (tertiary/aromatic N) is 2. The Morgan fingerprint density at radius 3 is 3.05 bits per heavy atom. The molecule has 0 saturated carbocycles. The van der Waals surface area contributed by atoms with Gasteiger partial charge in [0.05, 0.1) is 11.7 Å². The van der Waals surface area contributed by atoms with Gasteiger partial charge in [0.1, 0.15) is 0 Å². The summed E-state index contributed by atoms with van der Waals surface area (Å²) < 4.78 is 1.82. The Morgan fingerprint density at radius 1 is 1.38 bits per heavy atom. The molecule has 110 valence electrons. The number of benzene rings is 1. The zero-order valence-electron chi connectivity index (χ0n) is 12.4. The van der Waals surface area contributed by atoms with Gasteiger partial charge in [-0.2, -0.15) is 5.10 Å². The lowest BCUT2D eigenvalue weighted by Gasteiger charge is -2.26. The molecule has 0 aliphatic heterocycles. The van der Waals surface area contributed by atoms with E-state index in [1.54, 1.807) is 0 Å². The number of carbonyl (C=O) groups excluding carboxylic acids is 1. The van der Waals surface area contributed by atoms with Crippen LogP contribution in [0.4, 0.5) is 0 Å². The predicted molar refractivity (Wildman–Crippen MR) is 81.8 cm³/mol. The van der Waals surface area contributed by atoms with Crippen LogP contribution in [-0.2, 0) is 17.8 Å². The second kappa shape index (κ2) is 6.12. The fraction of sp³-hybridized carbons (Fsp3) is 0.412. The summed E-state index contributed by atoms with van der Waals surface area (Å²) in [7, 11) is 0. The molecule has 1 aromatic heterocycles. The van der Waals surface area contributed by atoms with Gasteiger partial charge in [0.25, 0.3) is 0 Å². The standard InChI is InChI=1S/C17H21N3O/c1-13-9-11-20(19-13)12-10-17(21)18-16-8-4-6-14-5-2-3-7-15(14)16/h2-3,5,7,9,11,16H,4,6,8,10,12H2,1H3,(H,18,21)/t16-/m0/s1. The maximum Gasteiger partial charge on any atom is 0.222 e. The van der Waals surface area contributed by atoms with E-state index in [2.05, 4.69) is 34.7 Å². The van der Waals surface area contributed by atoms with Crippen LogP contribution in [0, 0.1) is 6.92 Å². The number of hydrogen-bond acceptors (Lipinski definition) is 2. The van der Waals surface area contributed by atoms with E-state index < -0.39 is 0 Å². The van der Waals surface area contributed by atoms with Crippen molar-refractivity contribution in [2.45, 2.75) is 45.2 Å². The van der Waals surface area contributed by atoms with Gasteiger partial charge < -0.3 is 5.32 Å². The molecule has 0 bridgehead atoms. The lowest BCUT2D eigenvalue weighted by molar-refractivity contribution is -0.122. The molecule has 0 spiro atoms. The van der Waals surface area contributed by atoms with Crippen LogP contribution in [0.15, 0.2) is 36.5 Å². The summed E-state index contributed by atoms with van der Waals surface area (Å²) in [6.45, 7) is 2.59. The van der Waals surface area contributed by atoms with Crippen molar-refractivity contribution >= 4 is 5.91 Å². The van der Waals surface area contributed by atoms with Crippen LogP contribution >= 0.6 is 0 Å². The molecular weight excluding hydrogens is 262 g/mol. The Balaban J connectivity index is 1.58. The maximum absolute atomic E-state index is 12.1. The van der Waals surface area contributed by atoms with Crippen molar-refractivity contribution in [3.05, 3.63) is 53.3 Å². The van der Waals surface area contributed by atoms with E-state index in [1.165, 1.54) is 11.1 Å². The fourth-order valence-corrected chi connectivity index (χ4v) is 2.97. The largest absolute Gasteiger partial charge is 0.349 e. The third kappa shape index (κ3) is 3.32. The first-order chi connectivity index (χ1) is 10.2. The van der Waals surface area contributed by atoms with E-state index in [0.29, 0.717) is 13.0 Å². The number of amides is 1. The minimum Gasteiger partial charge on any atom is -0.349 e. The van der Waals surface area contributed by atoms with Crippen LogP contribution in [0.5, 0.6) is 0 Å². The van der Waals surface area contributed by atoms with Gasteiger partial charge >= 0.3 is 0 Å². The highest BCUT2D eigenvalue weighted by molar-refractivity contribution is 5.76. The van der Waals surface area contributed by atoms with Crippen LogP contribution in [0.2, 0.25) is 0 Å². The Morgan fingerprint density at radius 2 is 2.24 bits per heavy atom. The third-order valence-corrected chi connectivity index (χ3v) is 4.05. The minimum atomic E-state index is 0.102. The van der Waals surface area contributed by atoms with E-state index in [0.717, 1.165) is 25.0 Å². The van der Waals surface area contributed by atoms with Gasteiger partial charge in [0.15, 0.2) is 0 Å². The van der Waals surface area contributed by atoms with Gasteiger partial charge in [-0.3, -0.25) is 9.48 Å². The van der Waals surface area contributed by atoms with Gasteiger partial charge in [-0.1, -0.05) is 24.3 Å². The topological polar surface area (TPSA) is 46.9 Å². The summed E-state index contributed by atoms with van der Waals surface area (Å²) in [5.41, 5.74) is 3.64. The smallest absolute Gasteiger partial charge is 0.222 e. The molecule has 1 N–H and O–H groups in total. The Bertz CT molecular complexity index is 632. The quantitative estimate of drug-likeness (QED) is 0.938. The van der Waals surface area contributed by atoms with E-state index >= 15 is 0 Å². The zero-order valence-corrected chi connectivity index (χ0v) is 12.4. The second-order valence-corrected chi connectivity index (χ2v) is 5.68. The molecule has 0 unspecified atom stereocenters. The monoisotopic (exact) mass is 283 g/mol. The molecule has 21 heavy (non-hydrogen) atoms. The van der Waals surface area contributed by atoms with Crippen molar-refractivity contribution in [3.63, 3.8) is 0 Å².